The Morgan fingerprint density at radius 3 is 2.41 bits per heavy atom. The van der Waals surface area contributed by atoms with E-state index in [1.54, 1.807) is 32.2 Å². The summed E-state index contributed by atoms with van der Waals surface area (Å²) >= 11 is 0. The van der Waals surface area contributed by atoms with Gasteiger partial charge in [-0.3, -0.25) is 4.79 Å². The minimum absolute atomic E-state index is 0.00520. The predicted octanol–water partition coefficient (Wildman–Crippen LogP) is 2.00. The topological polar surface area (TPSA) is 93.7 Å². The minimum Gasteiger partial charge on any atom is -0.496 e. The number of para-hydroxylation sites is 1. The summed E-state index contributed by atoms with van der Waals surface area (Å²) in [6.45, 7) is 3.49. The van der Waals surface area contributed by atoms with Crippen LogP contribution in [0.2, 0.25) is 0 Å². The molecule has 0 aromatic heterocycles. The summed E-state index contributed by atoms with van der Waals surface area (Å²) in [4.78, 5) is 12.3. The Bertz CT molecular complexity index is 912. The molecule has 27 heavy (non-hydrogen) atoms. The van der Waals surface area contributed by atoms with Gasteiger partial charge in [0.15, 0.2) is 0 Å². The lowest BCUT2D eigenvalue weighted by molar-refractivity contribution is -0.122. The summed E-state index contributed by atoms with van der Waals surface area (Å²) in [5, 5.41) is 2.71. The quantitative estimate of drug-likeness (QED) is 0.717. The zero-order valence-electron chi connectivity index (χ0n) is 15.8. The van der Waals surface area contributed by atoms with Gasteiger partial charge in [0.1, 0.15) is 16.4 Å². The van der Waals surface area contributed by atoms with Gasteiger partial charge in [0.2, 0.25) is 15.9 Å². The molecule has 2 aromatic carbocycles. The average molecular weight is 392 g/mol. The van der Waals surface area contributed by atoms with Crippen molar-refractivity contribution in [3.05, 3.63) is 53.6 Å². The molecule has 146 valence electrons. The van der Waals surface area contributed by atoms with Crippen molar-refractivity contribution in [2.24, 2.45) is 0 Å². The molecule has 1 amide bonds. The number of sulfonamides is 1. The molecule has 0 saturated heterocycles. The van der Waals surface area contributed by atoms with E-state index in [0.717, 1.165) is 11.1 Å². The molecule has 0 saturated carbocycles. The molecule has 0 heterocycles. The fourth-order valence-corrected chi connectivity index (χ4v) is 3.98. The number of carbonyl (C=O) groups excluding carboxylic acids is 1. The van der Waals surface area contributed by atoms with E-state index in [0.29, 0.717) is 5.75 Å². The maximum absolute atomic E-state index is 12.7. The van der Waals surface area contributed by atoms with E-state index < -0.39 is 22.0 Å². The first kappa shape index (κ1) is 20.7. The minimum atomic E-state index is -3.93. The van der Waals surface area contributed by atoms with Gasteiger partial charge in [0, 0.05) is 12.1 Å². The van der Waals surface area contributed by atoms with Gasteiger partial charge in [-0.15, -0.1) is 0 Å². The molecule has 0 bridgehead atoms. The van der Waals surface area contributed by atoms with Gasteiger partial charge in [-0.2, -0.15) is 4.72 Å². The summed E-state index contributed by atoms with van der Waals surface area (Å²) in [7, 11) is -0.982. The molecule has 1 atom stereocenters. The Kier molecular flexibility index (Phi) is 6.81. The Hall–Kier alpha value is -2.58. The van der Waals surface area contributed by atoms with Gasteiger partial charge >= 0.3 is 0 Å². The van der Waals surface area contributed by atoms with Gasteiger partial charge in [-0.1, -0.05) is 24.3 Å². The van der Waals surface area contributed by atoms with Crippen LogP contribution in [-0.2, 0) is 21.4 Å². The van der Waals surface area contributed by atoms with Crippen LogP contribution >= 0.6 is 0 Å². The van der Waals surface area contributed by atoms with Crippen molar-refractivity contribution in [3.63, 3.8) is 0 Å². The zero-order valence-corrected chi connectivity index (χ0v) is 16.6. The number of rotatable bonds is 8. The predicted molar refractivity (Wildman–Crippen MR) is 102 cm³/mol. The molecule has 0 unspecified atom stereocenters. The van der Waals surface area contributed by atoms with Crippen molar-refractivity contribution in [1.29, 1.82) is 0 Å². The van der Waals surface area contributed by atoms with Crippen LogP contribution in [0.25, 0.3) is 0 Å². The maximum Gasteiger partial charge on any atom is 0.244 e. The molecule has 2 rings (SSSR count). The summed E-state index contributed by atoms with van der Waals surface area (Å²) in [6, 6.07) is 11.1. The molecule has 0 fully saturated rings. The first-order valence-electron chi connectivity index (χ1n) is 8.35. The van der Waals surface area contributed by atoms with Gasteiger partial charge in [0.05, 0.1) is 20.3 Å². The third-order valence-electron chi connectivity index (χ3n) is 3.98. The number of nitrogens with one attached hydrogen (secondary N) is 2. The van der Waals surface area contributed by atoms with Gasteiger partial charge in [-0.05, 0) is 37.6 Å². The van der Waals surface area contributed by atoms with E-state index in [1.807, 2.05) is 18.2 Å². The number of aryl methyl sites for hydroxylation is 1. The molecule has 0 aliphatic rings. The number of hydrogen-bond donors (Lipinski definition) is 2. The standard InChI is InChI=1S/C19H24N2O5S/c1-13-9-10-17(26-4)18(11-13)27(23,24)21-14(2)19(22)20-12-15-7-5-6-8-16(15)25-3/h5-11,14,21H,12H2,1-4H3,(H,20,22)/t14-/m1/s1. The number of methoxy groups -OCH3 is 2. The smallest absolute Gasteiger partial charge is 0.244 e. The van der Waals surface area contributed by atoms with E-state index in [4.69, 9.17) is 9.47 Å². The van der Waals surface area contributed by atoms with Gasteiger partial charge in [0.25, 0.3) is 0 Å². The molecule has 0 spiro atoms. The molecule has 7 nitrogen and oxygen atoms in total. The second-order valence-electron chi connectivity index (χ2n) is 6.03. The molecule has 0 radical (unpaired) electrons. The summed E-state index contributed by atoms with van der Waals surface area (Å²) in [5.41, 5.74) is 1.56. The lowest BCUT2D eigenvalue weighted by atomic mass is 10.2. The van der Waals surface area contributed by atoms with Crippen LogP contribution in [0.5, 0.6) is 11.5 Å². The van der Waals surface area contributed by atoms with E-state index >= 15 is 0 Å². The summed E-state index contributed by atoms with van der Waals surface area (Å²) in [5.74, 6) is 0.418. The highest BCUT2D eigenvalue weighted by Crippen LogP contribution is 2.24. The summed E-state index contributed by atoms with van der Waals surface area (Å²) < 4.78 is 38.1. The molecule has 0 aliphatic heterocycles. The van der Waals surface area contributed by atoms with Crippen LogP contribution in [-0.4, -0.2) is 34.6 Å². The maximum atomic E-state index is 12.7. The van der Waals surface area contributed by atoms with Crippen molar-refractivity contribution in [2.75, 3.05) is 14.2 Å². The van der Waals surface area contributed by atoms with Gasteiger partial charge < -0.3 is 14.8 Å². The van der Waals surface area contributed by atoms with E-state index in [-0.39, 0.29) is 17.2 Å². The Labute approximate surface area is 159 Å². The Morgan fingerprint density at radius 1 is 1.07 bits per heavy atom. The molecule has 8 heteroatoms. The average Bonchev–Trinajstić information content (AvgIpc) is 2.65. The van der Waals surface area contributed by atoms with Crippen LogP contribution in [0.4, 0.5) is 0 Å². The van der Waals surface area contributed by atoms with Gasteiger partial charge in [-0.25, -0.2) is 8.42 Å². The number of benzene rings is 2. The number of carbonyl (C=O) groups is 1. The molecule has 0 aliphatic carbocycles. The van der Waals surface area contributed by atoms with Crippen molar-refractivity contribution >= 4 is 15.9 Å². The second kappa shape index (κ2) is 8.88. The lowest BCUT2D eigenvalue weighted by Crippen LogP contribution is -2.44. The van der Waals surface area contributed by atoms with E-state index in [2.05, 4.69) is 10.0 Å². The van der Waals surface area contributed by atoms with Crippen LogP contribution in [0.15, 0.2) is 47.4 Å². The molecule has 2 N–H and O–H groups in total. The number of ether oxygens (including phenoxy) is 2. The van der Waals surface area contributed by atoms with Crippen molar-refractivity contribution < 1.29 is 22.7 Å². The lowest BCUT2D eigenvalue weighted by Gasteiger charge is -2.17. The third-order valence-corrected chi connectivity index (χ3v) is 5.54. The molecule has 2 aromatic rings. The first-order chi connectivity index (χ1) is 12.8. The number of amides is 1. The fraction of sp³-hybridized carbons (Fsp3) is 0.316. The SMILES string of the molecule is COc1ccccc1CNC(=O)[C@@H](C)NS(=O)(=O)c1cc(C)ccc1OC. The van der Waals surface area contributed by atoms with E-state index in [1.165, 1.54) is 20.1 Å². The van der Waals surface area contributed by atoms with Crippen molar-refractivity contribution in [1.82, 2.24) is 10.0 Å². The van der Waals surface area contributed by atoms with Crippen LogP contribution in [0.3, 0.4) is 0 Å². The second-order valence-corrected chi connectivity index (χ2v) is 7.71. The normalized spacial score (nSPS) is 12.3. The first-order valence-corrected chi connectivity index (χ1v) is 9.83. The highest BCUT2D eigenvalue weighted by molar-refractivity contribution is 7.89. The van der Waals surface area contributed by atoms with Crippen LogP contribution in [0, 0.1) is 6.92 Å². The zero-order chi connectivity index (χ0) is 20.0. The van der Waals surface area contributed by atoms with Crippen molar-refractivity contribution in [2.45, 2.75) is 31.3 Å². The van der Waals surface area contributed by atoms with E-state index in [9.17, 15) is 13.2 Å². The third kappa shape index (κ3) is 5.21. The Balaban J connectivity index is 2.08. The monoisotopic (exact) mass is 392 g/mol. The van der Waals surface area contributed by atoms with Crippen LogP contribution < -0.4 is 19.5 Å². The summed E-state index contributed by atoms with van der Waals surface area (Å²) in [6.07, 6.45) is 0. The number of hydrogen-bond acceptors (Lipinski definition) is 5. The fourth-order valence-electron chi connectivity index (χ4n) is 2.53. The highest BCUT2D eigenvalue weighted by Gasteiger charge is 2.25. The Morgan fingerprint density at radius 2 is 1.74 bits per heavy atom. The highest BCUT2D eigenvalue weighted by atomic mass is 32.2. The molecular weight excluding hydrogens is 368 g/mol. The van der Waals surface area contributed by atoms with Crippen LogP contribution in [0.1, 0.15) is 18.1 Å². The molecular formula is C19H24N2O5S. The van der Waals surface area contributed by atoms with Crippen molar-refractivity contribution in [3.8, 4) is 11.5 Å². The largest absolute Gasteiger partial charge is 0.496 e.